The van der Waals surface area contributed by atoms with Gasteiger partial charge in [-0.2, -0.15) is 13.2 Å². The minimum absolute atomic E-state index is 0.206. The Labute approximate surface area is 116 Å². The normalized spacial score (nSPS) is 23.1. The van der Waals surface area contributed by atoms with E-state index in [0.29, 0.717) is 19.3 Å². The van der Waals surface area contributed by atoms with Gasteiger partial charge in [0.15, 0.2) is 0 Å². The van der Waals surface area contributed by atoms with Gasteiger partial charge in [0.05, 0.1) is 5.56 Å². The largest absolute Gasteiger partial charge is 0.416 e. The molecule has 4 heteroatoms. The quantitative estimate of drug-likeness (QED) is 0.740. The molecule has 0 unspecified atom stereocenters. The highest BCUT2D eigenvalue weighted by atomic mass is 19.4. The van der Waals surface area contributed by atoms with Crippen LogP contribution in [0, 0.1) is 5.41 Å². The summed E-state index contributed by atoms with van der Waals surface area (Å²) in [6.07, 6.45) is 0.706. The van der Waals surface area contributed by atoms with Crippen molar-refractivity contribution in [2.24, 2.45) is 5.41 Å². The van der Waals surface area contributed by atoms with Crippen molar-refractivity contribution in [1.82, 2.24) is 0 Å². The van der Waals surface area contributed by atoms with Crippen molar-refractivity contribution in [2.75, 3.05) is 0 Å². The molecule has 1 atom stereocenters. The van der Waals surface area contributed by atoms with Crippen LogP contribution in [-0.2, 0) is 17.4 Å². The first-order chi connectivity index (χ1) is 9.37. The summed E-state index contributed by atoms with van der Waals surface area (Å²) in [6, 6.07) is 5.10. The van der Waals surface area contributed by atoms with Crippen LogP contribution in [0.2, 0.25) is 0 Å². The molecule has 108 valence electrons. The number of Topliss-reactive ketones (excluding diaryl/α,β-unsaturated/α-hetero) is 1. The van der Waals surface area contributed by atoms with Gasteiger partial charge >= 0.3 is 6.18 Å². The SMILES string of the molecule is C=CC[C@]1(Cc2ccc(C(F)(F)F)cc2)CCCC1=O. The van der Waals surface area contributed by atoms with E-state index in [1.807, 2.05) is 0 Å². The number of alkyl halides is 3. The average Bonchev–Trinajstić information content (AvgIpc) is 2.71. The van der Waals surface area contributed by atoms with Crippen LogP contribution in [0.25, 0.3) is 0 Å². The van der Waals surface area contributed by atoms with Crippen molar-refractivity contribution >= 4 is 5.78 Å². The number of rotatable bonds is 4. The molecule has 1 fully saturated rings. The van der Waals surface area contributed by atoms with Crippen LogP contribution in [0.4, 0.5) is 13.2 Å². The Kier molecular flexibility index (Phi) is 4.02. The van der Waals surface area contributed by atoms with E-state index in [-0.39, 0.29) is 5.78 Å². The van der Waals surface area contributed by atoms with Crippen LogP contribution >= 0.6 is 0 Å². The molecule has 0 N–H and O–H groups in total. The molecule has 0 bridgehead atoms. The van der Waals surface area contributed by atoms with Crippen LogP contribution in [0.5, 0.6) is 0 Å². The Hall–Kier alpha value is -1.58. The lowest BCUT2D eigenvalue weighted by Gasteiger charge is -2.26. The number of ketones is 1. The van der Waals surface area contributed by atoms with Crippen molar-refractivity contribution in [3.63, 3.8) is 0 Å². The maximum atomic E-state index is 12.5. The average molecular weight is 282 g/mol. The molecule has 0 aromatic heterocycles. The Bertz CT molecular complexity index is 501. The highest BCUT2D eigenvalue weighted by Gasteiger charge is 2.40. The topological polar surface area (TPSA) is 17.1 Å². The molecule has 1 nitrogen and oxygen atoms in total. The summed E-state index contributed by atoms with van der Waals surface area (Å²) in [7, 11) is 0. The monoisotopic (exact) mass is 282 g/mol. The van der Waals surface area contributed by atoms with Crippen molar-refractivity contribution in [1.29, 1.82) is 0 Å². The first-order valence-corrected chi connectivity index (χ1v) is 6.68. The van der Waals surface area contributed by atoms with Gasteiger partial charge in [-0.05, 0) is 43.4 Å². The van der Waals surface area contributed by atoms with Gasteiger partial charge in [-0.3, -0.25) is 4.79 Å². The zero-order chi connectivity index (χ0) is 14.8. The fraction of sp³-hybridized carbons (Fsp3) is 0.438. The lowest BCUT2D eigenvalue weighted by molar-refractivity contribution is -0.137. The zero-order valence-corrected chi connectivity index (χ0v) is 11.2. The zero-order valence-electron chi connectivity index (χ0n) is 11.2. The Morgan fingerprint density at radius 3 is 2.35 bits per heavy atom. The predicted molar refractivity (Wildman–Crippen MR) is 71.3 cm³/mol. The highest BCUT2D eigenvalue weighted by molar-refractivity contribution is 5.87. The Morgan fingerprint density at radius 2 is 1.90 bits per heavy atom. The third kappa shape index (κ3) is 2.94. The van der Waals surface area contributed by atoms with Crippen molar-refractivity contribution in [3.05, 3.63) is 48.0 Å². The molecule has 0 saturated heterocycles. The Morgan fingerprint density at radius 1 is 1.25 bits per heavy atom. The molecular weight excluding hydrogens is 265 g/mol. The second-order valence-electron chi connectivity index (χ2n) is 5.42. The number of allylic oxidation sites excluding steroid dienone is 1. The van der Waals surface area contributed by atoms with Crippen LogP contribution in [-0.4, -0.2) is 5.78 Å². The first kappa shape index (κ1) is 14.8. The van der Waals surface area contributed by atoms with Gasteiger partial charge in [-0.25, -0.2) is 0 Å². The van der Waals surface area contributed by atoms with E-state index in [1.165, 1.54) is 12.1 Å². The molecule has 1 aromatic carbocycles. The minimum atomic E-state index is -4.32. The summed E-state index contributed by atoms with van der Waals surface area (Å²) in [6.45, 7) is 3.69. The van der Waals surface area contributed by atoms with Gasteiger partial charge in [0.25, 0.3) is 0 Å². The van der Waals surface area contributed by atoms with Gasteiger partial charge in [0, 0.05) is 11.8 Å². The van der Waals surface area contributed by atoms with E-state index in [4.69, 9.17) is 0 Å². The molecule has 0 heterocycles. The van der Waals surface area contributed by atoms with Crippen LogP contribution in [0.1, 0.15) is 36.8 Å². The van der Waals surface area contributed by atoms with Gasteiger partial charge in [0.2, 0.25) is 0 Å². The summed E-state index contributed by atoms with van der Waals surface area (Å²) in [5, 5.41) is 0. The Balaban J connectivity index is 2.20. The summed E-state index contributed by atoms with van der Waals surface area (Å²) in [5.74, 6) is 0.206. The molecule has 20 heavy (non-hydrogen) atoms. The molecule has 1 aliphatic carbocycles. The number of benzene rings is 1. The minimum Gasteiger partial charge on any atom is -0.299 e. The fourth-order valence-electron chi connectivity index (χ4n) is 2.95. The predicted octanol–water partition coefficient (Wildman–Crippen LogP) is 4.56. The second-order valence-corrected chi connectivity index (χ2v) is 5.42. The molecule has 0 spiro atoms. The molecule has 1 saturated carbocycles. The number of hydrogen-bond donors (Lipinski definition) is 0. The van der Waals surface area contributed by atoms with E-state index in [9.17, 15) is 18.0 Å². The van der Waals surface area contributed by atoms with Crippen LogP contribution < -0.4 is 0 Å². The van der Waals surface area contributed by atoms with Crippen molar-refractivity contribution < 1.29 is 18.0 Å². The molecular formula is C16H17F3O. The van der Waals surface area contributed by atoms with Crippen molar-refractivity contribution in [3.8, 4) is 0 Å². The standard InChI is InChI=1S/C16H17F3O/c1-2-9-15(10-3-4-14(15)20)11-12-5-7-13(8-6-12)16(17,18)19/h2,5-8H,1,3-4,9-11H2/t15-/m1/s1. The van der Waals surface area contributed by atoms with Gasteiger partial charge < -0.3 is 0 Å². The molecule has 0 radical (unpaired) electrons. The van der Waals surface area contributed by atoms with Gasteiger partial charge in [0.1, 0.15) is 5.78 Å². The summed E-state index contributed by atoms with van der Waals surface area (Å²) < 4.78 is 37.5. The number of carbonyl (C=O) groups is 1. The van der Waals surface area contributed by atoms with E-state index < -0.39 is 17.2 Å². The molecule has 0 aliphatic heterocycles. The highest BCUT2D eigenvalue weighted by Crippen LogP contribution is 2.41. The lowest BCUT2D eigenvalue weighted by Crippen LogP contribution is -2.27. The summed E-state index contributed by atoms with van der Waals surface area (Å²) in [4.78, 5) is 12.1. The number of carbonyl (C=O) groups excluding carboxylic acids is 1. The van der Waals surface area contributed by atoms with E-state index in [0.717, 1.165) is 30.5 Å². The molecule has 2 rings (SSSR count). The molecule has 1 aliphatic rings. The lowest BCUT2D eigenvalue weighted by atomic mass is 9.76. The second kappa shape index (κ2) is 5.43. The van der Waals surface area contributed by atoms with Gasteiger partial charge in [-0.15, -0.1) is 6.58 Å². The number of hydrogen-bond acceptors (Lipinski definition) is 1. The first-order valence-electron chi connectivity index (χ1n) is 6.68. The van der Waals surface area contributed by atoms with Crippen LogP contribution in [0.3, 0.4) is 0 Å². The number of halogens is 3. The van der Waals surface area contributed by atoms with Crippen LogP contribution in [0.15, 0.2) is 36.9 Å². The van der Waals surface area contributed by atoms with Crippen molar-refractivity contribution in [2.45, 2.75) is 38.3 Å². The maximum absolute atomic E-state index is 12.5. The third-order valence-corrected chi connectivity index (χ3v) is 4.01. The summed E-state index contributed by atoms with van der Waals surface area (Å²) >= 11 is 0. The van der Waals surface area contributed by atoms with E-state index in [2.05, 4.69) is 6.58 Å². The fourth-order valence-corrected chi connectivity index (χ4v) is 2.95. The maximum Gasteiger partial charge on any atom is 0.416 e. The van der Waals surface area contributed by atoms with Gasteiger partial charge in [-0.1, -0.05) is 18.2 Å². The molecule has 0 amide bonds. The van der Waals surface area contributed by atoms with E-state index >= 15 is 0 Å². The molecule has 1 aromatic rings. The smallest absolute Gasteiger partial charge is 0.299 e. The summed E-state index contributed by atoms with van der Waals surface area (Å²) in [5.41, 5.74) is -0.339. The third-order valence-electron chi connectivity index (χ3n) is 4.01. The van der Waals surface area contributed by atoms with E-state index in [1.54, 1.807) is 6.08 Å².